The summed E-state index contributed by atoms with van der Waals surface area (Å²) in [4.78, 5) is 13.4. The number of aromatic nitrogens is 4. The molecule has 1 N–H and O–H groups in total. The fourth-order valence-electron chi connectivity index (χ4n) is 2.99. The van der Waals surface area contributed by atoms with E-state index in [1.54, 1.807) is 30.5 Å². The second-order valence-electron chi connectivity index (χ2n) is 6.34. The highest BCUT2D eigenvalue weighted by Gasteiger charge is 2.28. The maximum absolute atomic E-state index is 13.0. The van der Waals surface area contributed by atoms with E-state index in [9.17, 15) is 13.2 Å². The normalized spacial score (nSPS) is 15.3. The third kappa shape index (κ3) is 3.92. The number of rotatable bonds is 5. The maximum atomic E-state index is 13.0. The lowest BCUT2D eigenvalue weighted by molar-refractivity contribution is 0.0730. The zero-order valence-corrected chi connectivity index (χ0v) is 17.1. The van der Waals surface area contributed by atoms with Crippen LogP contribution in [0, 0.1) is 6.92 Å². The summed E-state index contributed by atoms with van der Waals surface area (Å²) in [5.74, 6) is -0.371. The first-order valence-corrected chi connectivity index (χ1v) is 11.1. The van der Waals surface area contributed by atoms with Gasteiger partial charge in [0.1, 0.15) is 11.2 Å². The smallest absolute Gasteiger partial charge is 0.267 e. The zero-order chi connectivity index (χ0) is 20.4. The molecule has 0 spiro atoms. The van der Waals surface area contributed by atoms with Crippen LogP contribution in [0.5, 0.6) is 0 Å². The number of thiophene rings is 1. The van der Waals surface area contributed by atoms with Gasteiger partial charge < -0.3 is 10.1 Å². The molecule has 0 unspecified atom stereocenters. The van der Waals surface area contributed by atoms with Crippen molar-refractivity contribution in [2.24, 2.45) is 0 Å². The summed E-state index contributed by atoms with van der Waals surface area (Å²) in [6, 6.07) is 6.58. The van der Waals surface area contributed by atoms with Crippen LogP contribution >= 0.6 is 11.3 Å². The average molecular weight is 435 g/mol. The fraction of sp³-hybridized carbons (Fsp3) is 0.294. The third-order valence-corrected chi connectivity index (χ3v) is 7.42. The van der Waals surface area contributed by atoms with Crippen LogP contribution in [-0.4, -0.2) is 65.1 Å². The van der Waals surface area contributed by atoms with Gasteiger partial charge >= 0.3 is 0 Å². The number of benzene rings is 1. The van der Waals surface area contributed by atoms with Crippen LogP contribution in [0.4, 0.5) is 5.69 Å². The van der Waals surface area contributed by atoms with E-state index >= 15 is 0 Å². The van der Waals surface area contributed by atoms with Crippen molar-refractivity contribution in [1.29, 1.82) is 0 Å². The lowest BCUT2D eigenvalue weighted by Gasteiger charge is -2.26. The highest BCUT2D eigenvalue weighted by molar-refractivity contribution is 7.89. The van der Waals surface area contributed by atoms with Gasteiger partial charge in [-0.15, -0.1) is 16.4 Å². The Labute approximate surface area is 171 Å². The summed E-state index contributed by atoms with van der Waals surface area (Å²) in [5.41, 5.74) is 1.55. The Kier molecular flexibility index (Phi) is 5.41. The number of amides is 1. The summed E-state index contributed by atoms with van der Waals surface area (Å²) < 4.78 is 34.1. The monoisotopic (exact) mass is 434 g/mol. The molecule has 0 aliphatic carbocycles. The highest BCUT2D eigenvalue weighted by atomic mass is 32.2. The number of aryl methyl sites for hydroxylation is 1. The molecule has 0 atom stereocenters. The molecule has 10 nitrogen and oxygen atoms in total. The highest BCUT2D eigenvalue weighted by Crippen LogP contribution is 2.26. The number of ether oxygens (including phenoxy) is 1. The number of carbonyl (C=O) groups excluding carboxylic acids is 1. The molecule has 1 saturated heterocycles. The van der Waals surface area contributed by atoms with Crippen LogP contribution in [0.25, 0.3) is 5.69 Å². The van der Waals surface area contributed by atoms with E-state index in [2.05, 4.69) is 20.8 Å². The Balaban J connectivity index is 1.60. The van der Waals surface area contributed by atoms with Crippen LogP contribution < -0.4 is 5.32 Å². The van der Waals surface area contributed by atoms with Gasteiger partial charge in [0.2, 0.25) is 10.0 Å². The molecule has 152 valence electrons. The summed E-state index contributed by atoms with van der Waals surface area (Å²) in [6.07, 6.45) is 1.40. The number of nitrogens with one attached hydrogen (secondary N) is 1. The van der Waals surface area contributed by atoms with Crippen molar-refractivity contribution in [3.63, 3.8) is 0 Å². The second kappa shape index (κ2) is 7.99. The number of anilines is 1. The van der Waals surface area contributed by atoms with Crippen molar-refractivity contribution in [2.45, 2.75) is 11.8 Å². The summed E-state index contributed by atoms with van der Waals surface area (Å²) >= 11 is 1.24. The number of sulfonamides is 1. The molecule has 3 heterocycles. The minimum Gasteiger partial charge on any atom is -0.379 e. The van der Waals surface area contributed by atoms with Gasteiger partial charge in [0.05, 0.1) is 23.8 Å². The zero-order valence-electron chi connectivity index (χ0n) is 15.5. The fourth-order valence-corrected chi connectivity index (χ4v) is 5.43. The number of morpholine rings is 1. The Bertz CT molecular complexity index is 1120. The van der Waals surface area contributed by atoms with E-state index in [4.69, 9.17) is 4.74 Å². The van der Waals surface area contributed by atoms with Crippen molar-refractivity contribution in [2.75, 3.05) is 31.6 Å². The first-order chi connectivity index (χ1) is 14.0. The van der Waals surface area contributed by atoms with Crippen LogP contribution in [0.2, 0.25) is 0 Å². The standard InChI is InChI=1S/C17H18N6O4S2/c1-12-2-3-13(10-15(12)29(25,26)22-5-7-27-8-6-22)19-17(24)16-14(4-9-28-16)23-11-18-20-21-23/h2-4,9-11H,5-8H2,1H3,(H,19,24). The molecule has 1 aromatic carbocycles. The number of hydrogen-bond donors (Lipinski definition) is 1. The van der Waals surface area contributed by atoms with Crippen molar-refractivity contribution in [3.8, 4) is 5.69 Å². The number of carbonyl (C=O) groups is 1. The molecule has 1 aliphatic rings. The largest absolute Gasteiger partial charge is 0.379 e. The quantitative estimate of drug-likeness (QED) is 0.643. The van der Waals surface area contributed by atoms with Crippen LogP contribution in [0.3, 0.4) is 0 Å². The van der Waals surface area contributed by atoms with Crippen LogP contribution in [-0.2, 0) is 14.8 Å². The van der Waals surface area contributed by atoms with E-state index in [1.165, 1.54) is 32.7 Å². The molecule has 1 aliphatic heterocycles. The third-order valence-electron chi connectivity index (χ3n) is 4.48. The van der Waals surface area contributed by atoms with Gasteiger partial charge in [0, 0.05) is 18.8 Å². The first-order valence-electron chi connectivity index (χ1n) is 8.77. The van der Waals surface area contributed by atoms with Crippen molar-refractivity contribution in [1.82, 2.24) is 24.5 Å². The van der Waals surface area contributed by atoms with E-state index in [-0.39, 0.29) is 10.8 Å². The molecule has 0 radical (unpaired) electrons. The van der Waals surface area contributed by atoms with Gasteiger partial charge in [-0.1, -0.05) is 6.07 Å². The first kappa shape index (κ1) is 19.6. The second-order valence-corrected chi connectivity index (χ2v) is 9.16. The number of hydrogen-bond acceptors (Lipinski definition) is 8. The number of tetrazole rings is 1. The molecular formula is C17H18N6O4S2. The predicted molar refractivity (Wildman–Crippen MR) is 106 cm³/mol. The molecular weight excluding hydrogens is 416 g/mol. The number of nitrogens with zero attached hydrogens (tertiary/aromatic N) is 5. The summed E-state index contributed by atoms with van der Waals surface area (Å²) in [7, 11) is -3.67. The minimum atomic E-state index is -3.67. The average Bonchev–Trinajstić information content (AvgIpc) is 3.41. The lowest BCUT2D eigenvalue weighted by atomic mass is 10.2. The Hall–Kier alpha value is -2.67. The van der Waals surface area contributed by atoms with Crippen molar-refractivity contribution in [3.05, 3.63) is 46.4 Å². The molecule has 0 bridgehead atoms. The lowest BCUT2D eigenvalue weighted by Crippen LogP contribution is -2.40. The van der Waals surface area contributed by atoms with E-state index < -0.39 is 10.0 Å². The Morgan fingerprint density at radius 1 is 1.24 bits per heavy atom. The molecule has 4 rings (SSSR count). The molecule has 0 saturated carbocycles. The van der Waals surface area contributed by atoms with Gasteiger partial charge in [0.15, 0.2) is 0 Å². The van der Waals surface area contributed by atoms with Crippen LogP contribution in [0.15, 0.2) is 40.9 Å². The molecule has 1 amide bonds. The van der Waals surface area contributed by atoms with Crippen molar-refractivity contribution < 1.29 is 17.9 Å². The molecule has 29 heavy (non-hydrogen) atoms. The SMILES string of the molecule is Cc1ccc(NC(=O)c2sccc2-n2cnnn2)cc1S(=O)(=O)N1CCOCC1. The molecule has 3 aromatic rings. The predicted octanol–water partition coefficient (Wildman–Crippen LogP) is 1.31. The van der Waals surface area contributed by atoms with Gasteiger partial charge in [-0.25, -0.2) is 8.42 Å². The Morgan fingerprint density at radius 2 is 2.03 bits per heavy atom. The van der Waals surface area contributed by atoms with Crippen molar-refractivity contribution >= 4 is 33.0 Å². The van der Waals surface area contributed by atoms with E-state index in [1.807, 2.05) is 0 Å². The van der Waals surface area contributed by atoms with E-state index in [0.717, 1.165) is 0 Å². The molecule has 2 aromatic heterocycles. The topological polar surface area (TPSA) is 119 Å². The van der Waals surface area contributed by atoms with E-state index in [0.29, 0.717) is 48.1 Å². The summed E-state index contributed by atoms with van der Waals surface area (Å²) in [5, 5.41) is 15.5. The molecule has 12 heteroatoms. The van der Waals surface area contributed by atoms with Gasteiger partial charge in [-0.2, -0.15) is 8.99 Å². The molecule has 1 fully saturated rings. The summed E-state index contributed by atoms with van der Waals surface area (Å²) in [6.45, 7) is 3.08. The minimum absolute atomic E-state index is 0.170. The van der Waals surface area contributed by atoms with Gasteiger partial charge in [0.25, 0.3) is 5.91 Å². The maximum Gasteiger partial charge on any atom is 0.267 e. The Morgan fingerprint density at radius 3 is 2.76 bits per heavy atom. The van der Waals surface area contributed by atoms with Crippen LogP contribution in [0.1, 0.15) is 15.2 Å². The van der Waals surface area contributed by atoms with Gasteiger partial charge in [-0.3, -0.25) is 4.79 Å². The van der Waals surface area contributed by atoms with Gasteiger partial charge in [-0.05, 0) is 46.5 Å².